The highest BCUT2D eigenvalue weighted by molar-refractivity contribution is 5.31. The van der Waals surface area contributed by atoms with Gasteiger partial charge in [-0.2, -0.15) is 0 Å². The number of hydrogen-bond donors (Lipinski definition) is 1. The molecular weight excluding hydrogens is 244 g/mol. The zero-order chi connectivity index (χ0) is 14.8. The lowest BCUT2D eigenvalue weighted by Crippen LogP contribution is -2.42. The summed E-state index contributed by atoms with van der Waals surface area (Å²) in [4.78, 5) is 2.44. The normalized spacial score (nSPS) is 20.9. The number of likely N-dealkylation sites (tertiary alicyclic amines) is 1. The van der Waals surface area contributed by atoms with Crippen molar-refractivity contribution >= 4 is 0 Å². The van der Waals surface area contributed by atoms with Crippen LogP contribution in [-0.4, -0.2) is 31.6 Å². The molecule has 2 nitrogen and oxygen atoms in total. The number of nitrogens with one attached hydrogen (secondary N) is 1. The molecule has 0 amide bonds. The number of piperidine rings is 1. The van der Waals surface area contributed by atoms with Gasteiger partial charge in [0.25, 0.3) is 0 Å². The van der Waals surface area contributed by atoms with Crippen LogP contribution in [-0.2, 0) is 0 Å². The third-order valence-corrected chi connectivity index (χ3v) is 5.06. The van der Waals surface area contributed by atoms with Crippen molar-refractivity contribution in [1.82, 2.24) is 10.2 Å². The molecule has 1 aromatic rings. The Balaban J connectivity index is 1.91. The second kappa shape index (κ2) is 6.28. The zero-order valence-corrected chi connectivity index (χ0v) is 13.8. The predicted octanol–water partition coefficient (Wildman–Crippen LogP) is 3.69. The second-order valence-electron chi connectivity index (χ2n) is 7.06. The van der Waals surface area contributed by atoms with E-state index in [0.717, 1.165) is 6.54 Å². The van der Waals surface area contributed by atoms with Gasteiger partial charge < -0.3 is 10.2 Å². The van der Waals surface area contributed by atoms with Crippen LogP contribution in [0.5, 0.6) is 0 Å². The van der Waals surface area contributed by atoms with Crippen molar-refractivity contribution in [3.05, 3.63) is 34.9 Å². The van der Waals surface area contributed by atoms with Crippen LogP contribution in [0, 0.1) is 19.3 Å². The Morgan fingerprint density at radius 2 is 1.85 bits per heavy atom. The van der Waals surface area contributed by atoms with E-state index in [1.807, 2.05) is 0 Å². The summed E-state index contributed by atoms with van der Waals surface area (Å²) in [5, 5.41) is 3.75. The number of rotatable bonds is 4. The molecule has 1 unspecified atom stereocenters. The summed E-state index contributed by atoms with van der Waals surface area (Å²) in [6, 6.07) is 7.26. The molecule has 0 aromatic heterocycles. The summed E-state index contributed by atoms with van der Waals surface area (Å²) >= 11 is 0. The quantitative estimate of drug-likeness (QED) is 0.901. The molecule has 1 fully saturated rings. The molecular formula is C18H30N2. The number of aryl methyl sites for hydroxylation is 2. The minimum Gasteiger partial charge on any atom is -0.310 e. The van der Waals surface area contributed by atoms with Gasteiger partial charge in [-0.15, -0.1) is 0 Å². The number of hydrogen-bond acceptors (Lipinski definition) is 2. The third-order valence-electron chi connectivity index (χ3n) is 5.06. The van der Waals surface area contributed by atoms with E-state index in [9.17, 15) is 0 Å². The van der Waals surface area contributed by atoms with Crippen molar-refractivity contribution in [3.63, 3.8) is 0 Å². The Morgan fingerprint density at radius 1 is 1.20 bits per heavy atom. The first-order valence-corrected chi connectivity index (χ1v) is 7.89. The Hall–Kier alpha value is -0.860. The summed E-state index contributed by atoms with van der Waals surface area (Å²) in [5.41, 5.74) is 4.63. The van der Waals surface area contributed by atoms with Crippen LogP contribution in [0.15, 0.2) is 18.2 Å². The predicted molar refractivity (Wildman–Crippen MR) is 87.2 cm³/mol. The standard InChI is InChI=1S/C18H30N2/c1-14-6-7-17(12-15(14)2)16(3)19-13-18(4)8-10-20(5)11-9-18/h6-7,12,16,19H,8-11,13H2,1-5H3. The van der Waals surface area contributed by atoms with E-state index in [1.165, 1.54) is 42.6 Å². The van der Waals surface area contributed by atoms with Crippen LogP contribution < -0.4 is 5.32 Å². The van der Waals surface area contributed by atoms with Crippen LogP contribution in [0.3, 0.4) is 0 Å². The van der Waals surface area contributed by atoms with E-state index >= 15 is 0 Å². The van der Waals surface area contributed by atoms with Crippen LogP contribution >= 0.6 is 0 Å². The molecule has 1 aliphatic heterocycles. The van der Waals surface area contributed by atoms with Crippen LogP contribution in [0.1, 0.15) is 49.4 Å². The Bertz CT molecular complexity index is 445. The van der Waals surface area contributed by atoms with Gasteiger partial charge >= 0.3 is 0 Å². The summed E-state index contributed by atoms with van der Waals surface area (Å²) in [5.74, 6) is 0. The number of benzene rings is 1. The molecule has 1 aromatic carbocycles. The molecule has 0 spiro atoms. The molecule has 112 valence electrons. The molecule has 0 aliphatic carbocycles. The molecule has 0 radical (unpaired) electrons. The first-order valence-electron chi connectivity index (χ1n) is 7.89. The van der Waals surface area contributed by atoms with Gasteiger partial charge in [-0.25, -0.2) is 0 Å². The fraction of sp³-hybridized carbons (Fsp3) is 0.667. The highest BCUT2D eigenvalue weighted by Gasteiger charge is 2.28. The van der Waals surface area contributed by atoms with E-state index < -0.39 is 0 Å². The molecule has 0 saturated carbocycles. The molecule has 1 saturated heterocycles. The lowest BCUT2D eigenvalue weighted by atomic mass is 9.80. The smallest absolute Gasteiger partial charge is 0.0292 e. The van der Waals surface area contributed by atoms with E-state index in [4.69, 9.17) is 0 Å². The molecule has 0 bridgehead atoms. The third kappa shape index (κ3) is 3.83. The van der Waals surface area contributed by atoms with Crippen LogP contribution in [0.25, 0.3) is 0 Å². The SMILES string of the molecule is Cc1ccc(C(C)NCC2(C)CCN(C)CC2)cc1C. The Morgan fingerprint density at radius 3 is 2.45 bits per heavy atom. The molecule has 1 atom stereocenters. The first kappa shape index (κ1) is 15.5. The highest BCUT2D eigenvalue weighted by atomic mass is 15.1. The van der Waals surface area contributed by atoms with Crippen molar-refractivity contribution in [2.75, 3.05) is 26.7 Å². The lowest BCUT2D eigenvalue weighted by Gasteiger charge is -2.38. The van der Waals surface area contributed by atoms with Gasteiger partial charge in [-0.05, 0) is 75.9 Å². The van der Waals surface area contributed by atoms with Crippen molar-refractivity contribution in [1.29, 1.82) is 0 Å². The van der Waals surface area contributed by atoms with Gasteiger partial charge in [0.05, 0.1) is 0 Å². The van der Waals surface area contributed by atoms with Gasteiger partial charge in [-0.3, -0.25) is 0 Å². The molecule has 1 heterocycles. The maximum Gasteiger partial charge on any atom is 0.0292 e. The maximum absolute atomic E-state index is 3.75. The Kier molecular flexibility index (Phi) is 4.87. The van der Waals surface area contributed by atoms with Gasteiger partial charge in [0.1, 0.15) is 0 Å². The van der Waals surface area contributed by atoms with Gasteiger partial charge in [0, 0.05) is 12.6 Å². The van der Waals surface area contributed by atoms with E-state index in [-0.39, 0.29) is 0 Å². The fourth-order valence-electron chi connectivity index (χ4n) is 2.89. The Labute approximate surface area is 124 Å². The highest BCUT2D eigenvalue weighted by Crippen LogP contribution is 2.30. The minimum atomic E-state index is 0.436. The monoisotopic (exact) mass is 274 g/mol. The topological polar surface area (TPSA) is 15.3 Å². The fourth-order valence-corrected chi connectivity index (χ4v) is 2.89. The first-order chi connectivity index (χ1) is 9.39. The van der Waals surface area contributed by atoms with Crippen LogP contribution in [0.2, 0.25) is 0 Å². The molecule has 2 rings (SSSR count). The van der Waals surface area contributed by atoms with Gasteiger partial charge in [0.2, 0.25) is 0 Å². The van der Waals surface area contributed by atoms with Gasteiger partial charge in [0.15, 0.2) is 0 Å². The zero-order valence-electron chi connectivity index (χ0n) is 13.8. The molecule has 1 N–H and O–H groups in total. The van der Waals surface area contributed by atoms with E-state index in [1.54, 1.807) is 0 Å². The lowest BCUT2D eigenvalue weighted by molar-refractivity contribution is 0.134. The number of nitrogens with zero attached hydrogens (tertiary/aromatic N) is 1. The molecule has 2 heteroatoms. The second-order valence-corrected chi connectivity index (χ2v) is 7.06. The van der Waals surface area contributed by atoms with Crippen molar-refractivity contribution in [3.8, 4) is 0 Å². The summed E-state index contributed by atoms with van der Waals surface area (Å²) in [6.07, 6.45) is 2.60. The van der Waals surface area contributed by atoms with Crippen LogP contribution in [0.4, 0.5) is 0 Å². The maximum atomic E-state index is 3.75. The van der Waals surface area contributed by atoms with E-state index in [0.29, 0.717) is 11.5 Å². The molecule has 1 aliphatic rings. The summed E-state index contributed by atoms with van der Waals surface area (Å²) in [7, 11) is 2.23. The van der Waals surface area contributed by atoms with Crippen molar-refractivity contribution in [2.45, 2.75) is 46.6 Å². The minimum absolute atomic E-state index is 0.436. The summed E-state index contributed by atoms with van der Waals surface area (Å²) in [6.45, 7) is 12.7. The molecule has 20 heavy (non-hydrogen) atoms. The average molecular weight is 274 g/mol. The van der Waals surface area contributed by atoms with Crippen molar-refractivity contribution < 1.29 is 0 Å². The average Bonchev–Trinajstić information content (AvgIpc) is 2.43. The van der Waals surface area contributed by atoms with E-state index in [2.05, 4.69) is 63.2 Å². The van der Waals surface area contributed by atoms with Crippen molar-refractivity contribution in [2.24, 2.45) is 5.41 Å². The van der Waals surface area contributed by atoms with Gasteiger partial charge in [-0.1, -0.05) is 25.1 Å². The summed E-state index contributed by atoms with van der Waals surface area (Å²) < 4.78 is 0. The largest absolute Gasteiger partial charge is 0.310 e.